The number of nitrogens with one attached hydrogen (secondary N) is 3. The van der Waals surface area contributed by atoms with E-state index in [1.54, 1.807) is 36.1 Å². The van der Waals surface area contributed by atoms with Crippen LogP contribution in [0.15, 0.2) is 36.4 Å². The number of amides is 3. The number of rotatable bonds is 5. The number of nitrogens with zero attached hydrogens (tertiary/aromatic N) is 1. The number of carbonyl (C=O) groups is 3. The second kappa shape index (κ2) is 10.4. The predicted molar refractivity (Wildman–Crippen MR) is 126 cm³/mol. The maximum atomic E-state index is 14.2. The van der Waals surface area contributed by atoms with Gasteiger partial charge in [0.05, 0.1) is 6.61 Å². The lowest BCUT2D eigenvalue weighted by atomic mass is 9.86. The SMILES string of the molecule is CCOC(=O)N1CCC(NC(=O)C2(NC(=O)c3ccc(F)c4ccccc34)CCNCC2)CC1. The Morgan fingerprint density at radius 2 is 1.76 bits per heavy atom. The number of halogens is 1. The maximum Gasteiger partial charge on any atom is 0.409 e. The molecule has 0 aromatic heterocycles. The van der Waals surface area contributed by atoms with Crippen molar-refractivity contribution < 1.29 is 23.5 Å². The van der Waals surface area contributed by atoms with E-state index < -0.39 is 17.3 Å². The number of piperidine rings is 2. The molecule has 3 N–H and O–H groups in total. The van der Waals surface area contributed by atoms with Crippen molar-refractivity contribution >= 4 is 28.7 Å². The lowest BCUT2D eigenvalue weighted by molar-refractivity contribution is -0.129. The van der Waals surface area contributed by atoms with Crippen molar-refractivity contribution in [2.24, 2.45) is 0 Å². The van der Waals surface area contributed by atoms with Gasteiger partial charge in [0.25, 0.3) is 5.91 Å². The highest BCUT2D eigenvalue weighted by atomic mass is 19.1. The molecule has 8 nitrogen and oxygen atoms in total. The van der Waals surface area contributed by atoms with E-state index in [1.807, 2.05) is 0 Å². The Labute approximate surface area is 198 Å². The van der Waals surface area contributed by atoms with E-state index >= 15 is 0 Å². The van der Waals surface area contributed by atoms with Crippen LogP contribution in [-0.2, 0) is 9.53 Å². The molecule has 2 heterocycles. The van der Waals surface area contributed by atoms with Gasteiger partial charge in [-0.15, -0.1) is 0 Å². The van der Waals surface area contributed by atoms with Gasteiger partial charge in [-0.05, 0) is 63.2 Å². The molecule has 0 saturated carbocycles. The van der Waals surface area contributed by atoms with Gasteiger partial charge in [0, 0.05) is 30.1 Å². The topological polar surface area (TPSA) is 99.8 Å². The Bertz CT molecular complexity index is 1060. The van der Waals surface area contributed by atoms with Gasteiger partial charge in [-0.2, -0.15) is 0 Å². The number of likely N-dealkylation sites (tertiary alicyclic amines) is 1. The van der Waals surface area contributed by atoms with Crippen molar-refractivity contribution in [1.29, 1.82) is 0 Å². The first-order valence-corrected chi connectivity index (χ1v) is 11.9. The summed E-state index contributed by atoms with van der Waals surface area (Å²) in [6.45, 7) is 4.30. The van der Waals surface area contributed by atoms with Gasteiger partial charge >= 0.3 is 6.09 Å². The molecule has 0 radical (unpaired) electrons. The monoisotopic (exact) mass is 470 g/mol. The zero-order chi connectivity index (χ0) is 24.1. The molecule has 0 spiro atoms. The number of hydrogen-bond donors (Lipinski definition) is 3. The molecule has 2 aromatic carbocycles. The van der Waals surface area contributed by atoms with Crippen LogP contribution >= 0.6 is 0 Å². The number of hydrogen-bond acceptors (Lipinski definition) is 5. The summed E-state index contributed by atoms with van der Waals surface area (Å²) in [5.74, 6) is -1.01. The molecule has 2 saturated heterocycles. The third-order valence-electron chi connectivity index (χ3n) is 6.72. The quantitative estimate of drug-likeness (QED) is 0.624. The summed E-state index contributed by atoms with van der Waals surface area (Å²) in [5, 5.41) is 10.2. The summed E-state index contributed by atoms with van der Waals surface area (Å²) < 4.78 is 19.3. The van der Waals surface area contributed by atoms with Gasteiger partial charge in [0.1, 0.15) is 11.4 Å². The number of benzene rings is 2. The van der Waals surface area contributed by atoms with Gasteiger partial charge in [0.2, 0.25) is 5.91 Å². The smallest absolute Gasteiger partial charge is 0.409 e. The van der Waals surface area contributed by atoms with Gasteiger partial charge in [-0.3, -0.25) is 9.59 Å². The zero-order valence-electron chi connectivity index (χ0n) is 19.4. The maximum absolute atomic E-state index is 14.2. The van der Waals surface area contributed by atoms with E-state index in [2.05, 4.69) is 16.0 Å². The molecule has 2 aliphatic heterocycles. The largest absolute Gasteiger partial charge is 0.450 e. The average molecular weight is 471 g/mol. The standard InChI is InChI=1S/C25H31FN4O4/c1-2-34-24(33)30-15-9-17(10-16-30)28-23(32)25(11-13-27-14-12-25)29-22(31)20-7-8-21(26)19-6-4-3-5-18(19)20/h3-8,17,27H,2,9-16H2,1H3,(H,28,32)(H,29,31). The molecule has 9 heteroatoms. The molecule has 0 bridgehead atoms. The molecule has 182 valence electrons. The zero-order valence-corrected chi connectivity index (χ0v) is 19.4. The summed E-state index contributed by atoms with van der Waals surface area (Å²) in [6, 6.07) is 9.48. The minimum Gasteiger partial charge on any atom is -0.450 e. The van der Waals surface area contributed by atoms with Crippen molar-refractivity contribution in [2.45, 2.75) is 44.2 Å². The van der Waals surface area contributed by atoms with Crippen molar-refractivity contribution in [3.8, 4) is 0 Å². The highest BCUT2D eigenvalue weighted by molar-refractivity contribution is 6.09. The van der Waals surface area contributed by atoms with Crippen LogP contribution in [0, 0.1) is 5.82 Å². The Balaban J connectivity index is 1.47. The fourth-order valence-electron chi connectivity index (χ4n) is 4.75. The third kappa shape index (κ3) is 4.99. The van der Waals surface area contributed by atoms with E-state index in [0.717, 1.165) is 0 Å². The van der Waals surface area contributed by atoms with Crippen LogP contribution in [0.1, 0.15) is 43.0 Å². The molecular weight excluding hydrogens is 439 g/mol. The van der Waals surface area contributed by atoms with E-state index in [-0.39, 0.29) is 18.0 Å². The minimum absolute atomic E-state index is 0.0894. The second-order valence-electron chi connectivity index (χ2n) is 8.86. The van der Waals surface area contributed by atoms with Crippen molar-refractivity contribution in [2.75, 3.05) is 32.8 Å². The molecule has 2 aromatic rings. The normalized spacial score (nSPS) is 18.4. The second-order valence-corrected chi connectivity index (χ2v) is 8.86. The van der Waals surface area contributed by atoms with E-state index in [4.69, 9.17) is 4.74 Å². The van der Waals surface area contributed by atoms with Crippen molar-refractivity contribution in [3.05, 3.63) is 47.8 Å². The van der Waals surface area contributed by atoms with Gasteiger partial charge in [-0.1, -0.05) is 24.3 Å². The van der Waals surface area contributed by atoms with Gasteiger partial charge in [0.15, 0.2) is 0 Å². The molecule has 2 fully saturated rings. The lowest BCUT2D eigenvalue weighted by Crippen LogP contribution is -2.64. The van der Waals surface area contributed by atoms with Crippen LogP contribution < -0.4 is 16.0 Å². The Morgan fingerprint density at radius 1 is 1.09 bits per heavy atom. The van der Waals surface area contributed by atoms with Crippen LogP contribution in [0.2, 0.25) is 0 Å². The van der Waals surface area contributed by atoms with Crippen molar-refractivity contribution in [3.63, 3.8) is 0 Å². The Morgan fingerprint density at radius 3 is 2.44 bits per heavy atom. The summed E-state index contributed by atoms with van der Waals surface area (Å²) >= 11 is 0. The molecule has 0 aliphatic carbocycles. The highest BCUT2D eigenvalue weighted by Gasteiger charge is 2.42. The minimum atomic E-state index is -1.06. The Kier molecular flexibility index (Phi) is 7.31. The lowest BCUT2D eigenvalue weighted by Gasteiger charge is -2.39. The van der Waals surface area contributed by atoms with Crippen LogP contribution in [0.3, 0.4) is 0 Å². The van der Waals surface area contributed by atoms with Crippen LogP contribution in [-0.4, -0.2) is 67.2 Å². The van der Waals surface area contributed by atoms with Gasteiger partial charge < -0.3 is 25.6 Å². The van der Waals surface area contributed by atoms with E-state index in [9.17, 15) is 18.8 Å². The highest BCUT2D eigenvalue weighted by Crippen LogP contribution is 2.25. The summed E-state index contributed by atoms with van der Waals surface area (Å²) in [6.07, 6.45) is 1.81. The molecule has 2 aliphatic rings. The summed E-state index contributed by atoms with van der Waals surface area (Å²) in [7, 11) is 0. The van der Waals surface area contributed by atoms with E-state index in [1.165, 1.54) is 12.1 Å². The summed E-state index contributed by atoms with van der Waals surface area (Å²) in [4.78, 5) is 40.4. The summed E-state index contributed by atoms with van der Waals surface area (Å²) in [5.41, 5.74) is -0.721. The first-order valence-electron chi connectivity index (χ1n) is 11.9. The predicted octanol–water partition coefficient (Wildman–Crippen LogP) is 2.57. The molecule has 34 heavy (non-hydrogen) atoms. The Hall–Kier alpha value is -3.20. The number of fused-ring (bicyclic) bond motifs is 1. The number of carbonyl (C=O) groups excluding carboxylic acids is 3. The first kappa shape index (κ1) is 23.9. The molecule has 0 unspecified atom stereocenters. The molecule has 3 amide bonds. The fraction of sp³-hybridized carbons (Fsp3) is 0.480. The molecule has 4 rings (SSSR count). The van der Waals surface area contributed by atoms with Crippen LogP contribution in [0.4, 0.5) is 9.18 Å². The number of ether oxygens (including phenoxy) is 1. The first-order chi connectivity index (χ1) is 16.4. The van der Waals surface area contributed by atoms with Crippen LogP contribution in [0.5, 0.6) is 0 Å². The van der Waals surface area contributed by atoms with Crippen molar-refractivity contribution in [1.82, 2.24) is 20.9 Å². The average Bonchev–Trinajstić information content (AvgIpc) is 2.85. The van der Waals surface area contributed by atoms with E-state index in [0.29, 0.717) is 74.8 Å². The molecule has 0 atom stereocenters. The van der Waals surface area contributed by atoms with Crippen LogP contribution in [0.25, 0.3) is 10.8 Å². The third-order valence-corrected chi connectivity index (χ3v) is 6.72. The molecular formula is C25H31FN4O4. The fourth-order valence-corrected chi connectivity index (χ4v) is 4.75. The van der Waals surface area contributed by atoms with Gasteiger partial charge in [-0.25, -0.2) is 9.18 Å².